The van der Waals surface area contributed by atoms with E-state index in [-0.39, 0.29) is 5.78 Å². The van der Waals surface area contributed by atoms with Gasteiger partial charge >= 0.3 is 0 Å². The zero-order chi connectivity index (χ0) is 10.7. The lowest BCUT2D eigenvalue weighted by molar-refractivity contribution is 0.102. The fraction of sp³-hybridized carbons (Fsp3) is 0.273. The van der Waals surface area contributed by atoms with Crippen LogP contribution >= 0.6 is 0 Å². The third-order valence-electron chi connectivity index (χ3n) is 2.17. The molecule has 4 heteroatoms. The fourth-order valence-corrected chi connectivity index (χ4v) is 1.46. The minimum absolute atomic E-state index is 0.0952. The number of hydrogen-bond donors (Lipinski definition) is 0. The van der Waals surface area contributed by atoms with Gasteiger partial charge in [-0.05, 0) is 12.5 Å². The van der Waals surface area contributed by atoms with Crippen molar-refractivity contribution >= 4 is 5.78 Å². The molecule has 0 aromatic carbocycles. The molecule has 15 heavy (non-hydrogen) atoms. The summed E-state index contributed by atoms with van der Waals surface area (Å²) in [5.74, 6) is 0.375. The molecule has 0 aliphatic carbocycles. The summed E-state index contributed by atoms with van der Waals surface area (Å²) in [5.41, 5.74) is 0.540. The first-order valence-corrected chi connectivity index (χ1v) is 4.91. The molecule has 0 fully saturated rings. The number of aryl methyl sites for hydroxylation is 1. The first kappa shape index (κ1) is 9.71. The van der Waals surface area contributed by atoms with Crippen LogP contribution in [-0.2, 0) is 6.54 Å². The Bertz CT molecular complexity index is 443. The molecule has 0 unspecified atom stereocenters. The third kappa shape index (κ3) is 1.83. The molecule has 78 valence electrons. The molecule has 4 nitrogen and oxygen atoms in total. The second-order valence-electron chi connectivity index (χ2n) is 3.29. The first-order chi connectivity index (χ1) is 7.33. The molecule has 0 N–H and O–H groups in total. The van der Waals surface area contributed by atoms with E-state index in [2.05, 4.69) is 11.9 Å². The second-order valence-corrected chi connectivity index (χ2v) is 3.29. The Kier molecular flexibility index (Phi) is 2.67. The van der Waals surface area contributed by atoms with E-state index in [4.69, 9.17) is 4.42 Å². The van der Waals surface area contributed by atoms with Crippen molar-refractivity contribution in [3.8, 4) is 0 Å². The van der Waals surface area contributed by atoms with Crippen LogP contribution < -0.4 is 0 Å². The summed E-state index contributed by atoms with van der Waals surface area (Å²) < 4.78 is 6.73. The van der Waals surface area contributed by atoms with Crippen LogP contribution in [0.3, 0.4) is 0 Å². The van der Waals surface area contributed by atoms with Crippen molar-refractivity contribution < 1.29 is 9.21 Å². The molecule has 0 spiro atoms. The largest absolute Gasteiger partial charge is 0.472 e. The monoisotopic (exact) mass is 204 g/mol. The quantitative estimate of drug-likeness (QED) is 0.716. The Morgan fingerprint density at radius 1 is 1.60 bits per heavy atom. The van der Waals surface area contributed by atoms with Crippen LogP contribution in [0.5, 0.6) is 0 Å². The predicted octanol–water partition coefficient (Wildman–Crippen LogP) is 2.12. The number of ketones is 1. The van der Waals surface area contributed by atoms with Gasteiger partial charge in [0.25, 0.3) is 0 Å². The van der Waals surface area contributed by atoms with Gasteiger partial charge in [-0.15, -0.1) is 0 Å². The predicted molar refractivity (Wildman–Crippen MR) is 54.7 cm³/mol. The van der Waals surface area contributed by atoms with Crippen LogP contribution in [0.1, 0.15) is 29.5 Å². The topological polar surface area (TPSA) is 48.0 Å². The van der Waals surface area contributed by atoms with E-state index in [1.165, 1.54) is 12.5 Å². The zero-order valence-corrected chi connectivity index (χ0v) is 8.51. The van der Waals surface area contributed by atoms with Gasteiger partial charge in [0.15, 0.2) is 5.82 Å². The molecular weight excluding hydrogens is 192 g/mol. The SMILES string of the molecule is CCCn1ccnc1C(=O)c1ccoc1. The molecule has 2 aromatic heterocycles. The highest BCUT2D eigenvalue weighted by Crippen LogP contribution is 2.09. The van der Waals surface area contributed by atoms with E-state index in [0.29, 0.717) is 11.4 Å². The Hall–Kier alpha value is -1.84. The molecule has 2 aromatic rings. The van der Waals surface area contributed by atoms with Gasteiger partial charge in [-0.25, -0.2) is 4.98 Å². The van der Waals surface area contributed by atoms with Crippen molar-refractivity contribution in [1.82, 2.24) is 9.55 Å². The van der Waals surface area contributed by atoms with Crippen LogP contribution in [0.4, 0.5) is 0 Å². The van der Waals surface area contributed by atoms with Gasteiger partial charge in [0.2, 0.25) is 5.78 Å². The summed E-state index contributed by atoms with van der Waals surface area (Å²) in [7, 11) is 0. The second kappa shape index (κ2) is 4.13. The van der Waals surface area contributed by atoms with Crippen molar-refractivity contribution in [2.24, 2.45) is 0 Å². The highest BCUT2D eigenvalue weighted by Gasteiger charge is 2.15. The number of furan rings is 1. The molecule has 2 rings (SSSR count). The Labute approximate surface area is 87.5 Å². The van der Waals surface area contributed by atoms with Crippen molar-refractivity contribution in [3.63, 3.8) is 0 Å². The summed E-state index contributed by atoms with van der Waals surface area (Å²) in [6, 6.07) is 1.65. The molecule has 0 atom stereocenters. The Morgan fingerprint density at radius 3 is 3.13 bits per heavy atom. The van der Waals surface area contributed by atoms with Crippen LogP contribution in [0.2, 0.25) is 0 Å². The van der Waals surface area contributed by atoms with Crippen molar-refractivity contribution in [1.29, 1.82) is 0 Å². The lowest BCUT2D eigenvalue weighted by Crippen LogP contribution is -2.10. The van der Waals surface area contributed by atoms with E-state index in [1.807, 2.05) is 10.8 Å². The van der Waals surface area contributed by atoms with E-state index in [0.717, 1.165) is 13.0 Å². The first-order valence-electron chi connectivity index (χ1n) is 4.91. The molecule has 0 radical (unpaired) electrons. The van der Waals surface area contributed by atoms with Gasteiger partial charge in [0.1, 0.15) is 6.26 Å². The minimum Gasteiger partial charge on any atom is -0.472 e. The van der Waals surface area contributed by atoms with Crippen molar-refractivity contribution in [2.45, 2.75) is 19.9 Å². The molecule has 0 amide bonds. The van der Waals surface area contributed by atoms with Crippen molar-refractivity contribution in [3.05, 3.63) is 42.4 Å². The summed E-state index contributed by atoms with van der Waals surface area (Å²) in [6.45, 7) is 2.87. The molecule has 0 saturated carbocycles. The zero-order valence-electron chi connectivity index (χ0n) is 8.51. The Morgan fingerprint density at radius 2 is 2.47 bits per heavy atom. The number of imidazole rings is 1. The highest BCUT2D eigenvalue weighted by atomic mass is 16.3. The average Bonchev–Trinajstić information content (AvgIpc) is 2.87. The standard InChI is InChI=1S/C11H12N2O2/c1-2-5-13-6-4-12-11(13)10(14)9-3-7-15-8-9/h3-4,6-8H,2,5H2,1H3. The van der Waals surface area contributed by atoms with Crippen LogP contribution in [-0.4, -0.2) is 15.3 Å². The van der Waals surface area contributed by atoms with Gasteiger partial charge in [-0.3, -0.25) is 4.79 Å². The maximum Gasteiger partial charge on any atom is 0.231 e. The van der Waals surface area contributed by atoms with Gasteiger partial charge in [-0.1, -0.05) is 6.92 Å². The average molecular weight is 204 g/mol. The van der Waals surface area contributed by atoms with Gasteiger partial charge < -0.3 is 8.98 Å². The minimum atomic E-state index is -0.0952. The normalized spacial score (nSPS) is 10.5. The van der Waals surface area contributed by atoms with E-state index < -0.39 is 0 Å². The number of rotatable bonds is 4. The Balaban J connectivity index is 2.29. The van der Waals surface area contributed by atoms with Crippen molar-refractivity contribution in [2.75, 3.05) is 0 Å². The fourth-order valence-electron chi connectivity index (χ4n) is 1.46. The third-order valence-corrected chi connectivity index (χ3v) is 2.17. The number of nitrogens with zero attached hydrogens (tertiary/aromatic N) is 2. The summed E-state index contributed by atoms with van der Waals surface area (Å²) >= 11 is 0. The lowest BCUT2D eigenvalue weighted by atomic mass is 10.2. The molecular formula is C11H12N2O2. The number of aromatic nitrogens is 2. The maximum atomic E-state index is 11.9. The number of hydrogen-bond acceptors (Lipinski definition) is 3. The van der Waals surface area contributed by atoms with E-state index in [9.17, 15) is 4.79 Å². The molecule has 2 heterocycles. The van der Waals surface area contributed by atoms with Crippen LogP contribution in [0.15, 0.2) is 35.4 Å². The lowest BCUT2D eigenvalue weighted by Gasteiger charge is -2.03. The number of carbonyl (C=O) groups excluding carboxylic acids is 1. The molecule has 0 aliphatic rings. The molecule has 0 aliphatic heterocycles. The van der Waals surface area contributed by atoms with Gasteiger partial charge in [-0.2, -0.15) is 0 Å². The molecule has 0 bridgehead atoms. The highest BCUT2D eigenvalue weighted by molar-refractivity contribution is 6.06. The van der Waals surface area contributed by atoms with E-state index >= 15 is 0 Å². The van der Waals surface area contributed by atoms with Crippen LogP contribution in [0.25, 0.3) is 0 Å². The van der Waals surface area contributed by atoms with Gasteiger partial charge in [0, 0.05) is 18.9 Å². The van der Waals surface area contributed by atoms with E-state index in [1.54, 1.807) is 12.3 Å². The summed E-state index contributed by atoms with van der Waals surface area (Å²) in [6.07, 6.45) is 7.36. The molecule has 0 saturated heterocycles. The maximum absolute atomic E-state index is 11.9. The smallest absolute Gasteiger partial charge is 0.231 e. The summed E-state index contributed by atoms with van der Waals surface area (Å²) in [4.78, 5) is 16.0. The van der Waals surface area contributed by atoms with Gasteiger partial charge in [0.05, 0.1) is 11.8 Å². The number of carbonyl (C=O) groups is 1. The van der Waals surface area contributed by atoms with Crippen LogP contribution in [0, 0.1) is 0 Å². The summed E-state index contributed by atoms with van der Waals surface area (Å²) in [5, 5.41) is 0.